The summed E-state index contributed by atoms with van der Waals surface area (Å²) >= 11 is 0. The van der Waals surface area contributed by atoms with Crippen molar-refractivity contribution in [3.05, 3.63) is 0 Å². The van der Waals surface area contributed by atoms with E-state index in [1.807, 2.05) is 0 Å². The molecule has 2 saturated heterocycles. The van der Waals surface area contributed by atoms with E-state index >= 15 is 0 Å². The van der Waals surface area contributed by atoms with Crippen molar-refractivity contribution >= 4 is 0 Å². The Morgan fingerprint density at radius 1 is 0.722 bits per heavy atom. The van der Waals surface area contributed by atoms with E-state index in [4.69, 9.17) is 14.2 Å². The van der Waals surface area contributed by atoms with Gasteiger partial charge in [0.1, 0.15) is 6.79 Å². The monoisotopic (exact) mass is 254 g/mol. The first-order chi connectivity index (χ1) is 8.93. The Kier molecular flexibility index (Phi) is 4.55. The first-order valence-electron chi connectivity index (χ1n) is 7.70. The predicted octanol–water partition coefficient (Wildman–Crippen LogP) is 2.98. The van der Waals surface area contributed by atoms with Gasteiger partial charge in [-0.3, -0.25) is 0 Å². The molecule has 0 aromatic heterocycles. The summed E-state index contributed by atoms with van der Waals surface area (Å²) in [5, 5.41) is 0. The van der Waals surface area contributed by atoms with E-state index in [0.29, 0.717) is 18.8 Å². The molecule has 1 saturated carbocycles. The van der Waals surface area contributed by atoms with Crippen LogP contribution in [-0.4, -0.2) is 32.7 Å². The molecular weight excluding hydrogens is 228 g/mol. The van der Waals surface area contributed by atoms with E-state index in [1.54, 1.807) is 0 Å². The molecule has 3 nitrogen and oxygen atoms in total. The Hall–Kier alpha value is -0.120. The molecular formula is C15H26O3. The number of hydrogen-bond acceptors (Lipinski definition) is 3. The minimum Gasteiger partial charge on any atom is -0.378 e. The van der Waals surface area contributed by atoms with Gasteiger partial charge in [0.05, 0.1) is 19.3 Å². The highest BCUT2D eigenvalue weighted by Crippen LogP contribution is 2.38. The zero-order valence-corrected chi connectivity index (χ0v) is 11.3. The maximum Gasteiger partial charge on any atom is 0.146 e. The lowest BCUT2D eigenvalue weighted by Crippen LogP contribution is -2.41. The standard InChI is InChI=1S/C15H26O3/c1-2-4-12(5-3-1)13-6-7-18-15(8-13)14-9-16-11-17-10-14/h12-15H,1-11H2. The second-order valence-electron chi connectivity index (χ2n) is 6.21. The molecule has 2 unspecified atom stereocenters. The Morgan fingerprint density at radius 3 is 2.28 bits per heavy atom. The Labute approximate surface area is 110 Å². The SMILES string of the molecule is C1CCC(C2CCOC(C3COCOC3)C2)CC1. The van der Waals surface area contributed by atoms with Gasteiger partial charge in [0.2, 0.25) is 0 Å². The molecule has 3 heteroatoms. The molecule has 0 aromatic carbocycles. The molecule has 3 fully saturated rings. The molecule has 3 aliphatic rings. The average molecular weight is 254 g/mol. The summed E-state index contributed by atoms with van der Waals surface area (Å²) in [7, 11) is 0. The average Bonchev–Trinajstić information content (AvgIpc) is 2.49. The van der Waals surface area contributed by atoms with Crippen LogP contribution in [0.4, 0.5) is 0 Å². The maximum atomic E-state index is 5.98. The third-order valence-corrected chi connectivity index (χ3v) is 5.03. The fourth-order valence-electron chi connectivity index (χ4n) is 3.94. The molecule has 2 heterocycles. The summed E-state index contributed by atoms with van der Waals surface area (Å²) in [4.78, 5) is 0. The largest absolute Gasteiger partial charge is 0.378 e. The fraction of sp³-hybridized carbons (Fsp3) is 1.00. The zero-order valence-electron chi connectivity index (χ0n) is 11.3. The highest BCUT2D eigenvalue weighted by Gasteiger charge is 2.34. The van der Waals surface area contributed by atoms with Crippen LogP contribution in [0.25, 0.3) is 0 Å². The maximum absolute atomic E-state index is 5.98. The molecule has 0 radical (unpaired) electrons. The van der Waals surface area contributed by atoms with E-state index < -0.39 is 0 Å². The van der Waals surface area contributed by atoms with Crippen LogP contribution in [0.1, 0.15) is 44.9 Å². The highest BCUT2D eigenvalue weighted by atomic mass is 16.7. The topological polar surface area (TPSA) is 27.7 Å². The van der Waals surface area contributed by atoms with Gasteiger partial charge in [0.25, 0.3) is 0 Å². The van der Waals surface area contributed by atoms with Crippen LogP contribution in [0.5, 0.6) is 0 Å². The van der Waals surface area contributed by atoms with Crippen molar-refractivity contribution in [1.29, 1.82) is 0 Å². The fourth-order valence-corrected chi connectivity index (χ4v) is 3.94. The van der Waals surface area contributed by atoms with Gasteiger partial charge >= 0.3 is 0 Å². The second kappa shape index (κ2) is 6.36. The molecule has 2 atom stereocenters. The minimum atomic E-state index is 0.381. The van der Waals surface area contributed by atoms with Gasteiger partial charge in [-0.1, -0.05) is 32.1 Å². The Balaban J connectivity index is 1.53. The van der Waals surface area contributed by atoms with E-state index in [9.17, 15) is 0 Å². The van der Waals surface area contributed by atoms with Crippen LogP contribution in [0.15, 0.2) is 0 Å². The van der Waals surface area contributed by atoms with Crippen LogP contribution in [0.2, 0.25) is 0 Å². The van der Waals surface area contributed by atoms with Gasteiger partial charge in [0, 0.05) is 12.5 Å². The molecule has 3 rings (SSSR count). The first kappa shape index (κ1) is 12.9. The van der Waals surface area contributed by atoms with Crippen LogP contribution in [0.3, 0.4) is 0 Å². The van der Waals surface area contributed by atoms with Crippen molar-refractivity contribution in [3.8, 4) is 0 Å². The van der Waals surface area contributed by atoms with Gasteiger partial charge in [-0.05, 0) is 24.7 Å². The van der Waals surface area contributed by atoms with E-state index in [0.717, 1.165) is 31.7 Å². The molecule has 0 amide bonds. The molecule has 0 bridgehead atoms. The lowest BCUT2D eigenvalue weighted by atomic mass is 9.74. The molecule has 0 spiro atoms. The van der Waals surface area contributed by atoms with Crippen LogP contribution < -0.4 is 0 Å². The molecule has 1 aliphatic carbocycles. The summed E-state index contributed by atoms with van der Waals surface area (Å²) in [5.74, 6) is 2.33. The Bertz CT molecular complexity index is 220. The van der Waals surface area contributed by atoms with E-state index in [2.05, 4.69) is 0 Å². The molecule has 104 valence electrons. The third-order valence-electron chi connectivity index (χ3n) is 5.03. The molecule has 0 N–H and O–H groups in total. The Morgan fingerprint density at radius 2 is 1.50 bits per heavy atom. The third kappa shape index (κ3) is 3.06. The van der Waals surface area contributed by atoms with Gasteiger partial charge < -0.3 is 14.2 Å². The van der Waals surface area contributed by atoms with Gasteiger partial charge in [-0.2, -0.15) is 0 Å². The minimum absolute atomic E-state index is 0.381. The summed E-state index contributed by atoms with van der Waals surface area (Å²) < 4.78 is 16.8. The van der Waals surface area contributed by atoms with Crippen LogP contribution in [0, 0.1) is 17.8 Å². The van der Waals surface area contributed by atoms with Crippen molar-refractivity contribution < 1.29 is 14.2 Å². The zero-order chi connectivity index (χ0) is 12.2. The normalized spacial score (nSPS) is 36.7. The van der Waals surface area contributed by atoms with E-state index in [1.165, 1.54) is 44.9 Å². The first-order valence-corrected chi connectivity index (χ1v) is 7.70. The quantitative estimate of drug-likeness (QED) is 0.758. The smallest absolute Gasteiger partial charge is 0.146 e. The summed E-state index contributed by atoms with van der Waals surface area (Å²) in [5.41, 5.74) is 0. The van der Waals surface area contributed by atoms with E-state index in [-0.39, 0.29) is 0 Å². The van der Waals surface area contributed by atoms with Crippen molar-refractivity contribution in [2.45, 2.75) is 51.0 Å². The summed E-state index contributed by atoms with van der Waals surface area (Å²) in [6.45, 7) is 3.06. The number of hydrogen-bond donors (Lipinski definition) is 0. The van der Waals surface area contributed by atoms with Gasteiger partial charge in [-0.15, -0.1) is 0 Å². The lowest BCUT2D eigenvalue weighted by molar-refractivity contribution is -0.169. The summed E-state index contributed by atoms with van der Waals surface area (Å²) in [6, 6.07) is 0. The second-order valence-corrected chi connectivity index (χ2v) is 6.21. The van der Waals surface area contributed by atoms with Crippen LogP contribution >= 0.6 is 0 Å². The molecule has 0 aromatic rings. The molecule has 18 heavy (non-hydrogen) atoms. The van der Waals surface area contributed by atoms with Crippen molar-refractivity contribution in [3.63, 3.8) is 0 Å². The van der Waals surface area contributed by atoms with Crippen molar-refractivity contribution in [2.75, 3.05) is 26.6 Å². The van der Waals surface area contributed by atoms with Crippen LogP contribution in [-0.2, 0) is 14.2 Å². The highest BCUT2D eigenvalue weighted by molar-refractivity contribution is 4.83. The predicted molar refractivity (Wildman–Crippen MR) is 69.3 cm³/mol. The number of rotatable bonds is 2. The van der Waals surface area contributed by atoms with Crippen molar-refractivity contribution in [1.82, 2.24) is 0 Å². The number of ether oxygens (including phenoxy) is 3. The van der Waals surface area contributed by atoms with Gasteiger partial charge in [-0.25, -0.2) is 0 Å². The molecule has 2 aliphatic heterocycles. The summed E-state index contributed by atoms with van der Waals surface area (Å²) in [6.07, 6.45) is 10.1. The lowest BCUT2D eigenvalue weighted by Gasteiger charge is -2.40. The van der Waals surface area contributed by atoms with Crippen molar-refractivity contribution in [2.24, 2.45) is 17.8 Å². The van der Waals surface area contributed by atoms with Gasteiger partial charge in [0.15, 0.2) is 0 Å².